The molecule has 0 aromatic heterocycles. The number of carbonyl (C=O) groups is 2. The van der Waals surface area contributed by atoms with E-state index in [1.54, 1.807) is 25.7 Å². The van der Waals surface area contributed by atoms with Gasteiger partial charge in [0, 0.05) is 29.8 Å². The highest BCUT2D eigenvalue weighted by Crippen LogP contribution is 2.47. The Morgan fingerprint density at radius 1 is 0.976 bits per heavy atom. The van der Waals surface area contributed by atoms with Crippen LogP contribution >= 0.6 is 0 Å². The van der Waals surface area contributed by atoms with Crippen LogP contribution in [0.3, 0.4) is 0 Å². The number of ether oxygens (including phenoxy) is 2. The van der Waals surface area contributed by atoms with Crippen molar-refractivity contribution in [2.24, 2.45) is 0 Å². The van der Waals surface area contributed by atoms with Gasteiger partial charge in [-0.1, -0.05) is 0 Å². The molecule has 0 radical (unpaired) electrons. The summed E-state index contributed by atoms with van der Waals surface area (Å²) in [6, 6.07) is 6.85. The number of hydrogen-bond donors (Lipinski definition) is 1. The normalized spacial score (nSPS) is 15.3. The highest BCUT2D eigenvalue weighted by Gasteiger charge is 2.37. The molecule has 1 N–H and O–H groups in total. The number of benzene rings is 3. The second-order valence-electron chi connectivity index (χ2n) is 11.9. The molecule has 2 aliphatic heterocycles. The topological polar surface area (TPSA) is 76.1 Å². The third-order valence-corrected chi connectivity index (χ3v) is 8.06. The Morgan fingerprint density at radius 3 is 2.22 bits per heavy atom. The summed E-state index contributed by atoms with van der Waals surface area (Å²) < 4.78 is 40.8. The standard InChI is InChI=1S/C33H35F2NO5/c1-17-22-8-7-13-40-29(22)26(35)14-23(17)27-18(2)24-15-36(31(37)20-9-11-21(34)12-10-20)16-25(24)19(3)28(27)30(32(38)39)41-33(4,5)6/h9-12,14,30H,7-8,13,15-16H2,1-6H3,(H,38,39)/t30-/m0/s1. The van der Waals surface area contributed by atoms with Gasteiger partial charge in [-0.05, 0) is 124 Å². The van der Waals surface area contributed by atoms with Crippen molar-refractivity contribution in [3.63, 3.8) is 0 Å². The zero-order valence-electron chi connectivity index (χ0n) is 24.3. The number of carboxylic acid groups (broad SMARTS) is 1. The minimum Gasteiger partial charge on any atom is -0.490 e. The number of fused-ring (bicyclic) bond motifs is 2. The van der Waals surface area contributed by atoms with Gasteiger partial charge in [-0.3, -0.25) is 4.79 Å². The number of amides is 1. The van der Waals surface area contributed by atoms with Crippen molar-refractivity contribution in [3.8, 4) is 16.9 Å². The van der Waals surface area contributed by atoms with Gasteiger partial charge < -0.3 is 19.5 Å². The summed E-state index contributed by atoms with van der Waals surface area (Å²) >= 11 is 0. The van der Waals surface area contributed by atoms with Crippen molar-refractivity contribution in [2.45, 2.75) is 79.2 Å². The summed E-state index contributed by atoms with van der Waals surface area (Å²) in [7, 11) is 0. The van der Waals surface area contributed by atoms with Crippen LogP contribution in [-0.4, -0.2) is 34.1 Å². The Bertz CT molecular complexity index is 1560. The lowest BCUT2D eigenvalue weighted by Gasteiger charge is -2.31. The van der Waals surface area contributed by atoms with E-state index in [4.69, 9.17) is 9.47 Å². The molecule has 0 fully saturated rings. The maximum Gasteiger partial charge on any atom is 0.337 e. The number of carbonyl (C=O) groups excluding carboxylic acids is 1. The number of halogens is 2. The average molecular weight is 564 g/mol. The molecule has 0 bridgehead atoms. The van der Waals surface area contributed by atoms with Gasteiger partial charge in [0.1, 0.15) is 5.82 Å². The number of rotatable bonds is 5. The molecular formula is C33H35F2NO5. The first-order valence-corrected chi connectivity index (χ1v) is 13.8. The fraction of sp³-hybridized carbons (Fsp3) is 0.394. The van der Waals surface area contributed by atoms with Crippen LogP contribution in [0.15, 0.2) is 30.3 Å². The van der Waals surface area contributed by atoms with Crippen LogP contribution in [-0.2, 0) is 29.0 Å². The van der Waals surface area contributed by atoms with E-state index in [-0.39, 0.29) is 18.2 Å². The van der Waals surface area contributed by atoms with Crippen molar-refractivity contribution in [1.82, 2.24) is 4.90 Å². The van der Waals surface area contributed by atoms with Crippen LogP contribution in [0.2, 0.25) is 0 Å². The van der Waals surface area contributed by atoms with Crippen molar-refractivity contribution < 1.29 is 33.0 Å². The van der Waals surface area contributed by atoms with Gasteiger partial charge in [0.25, 0.3) is 5.91 Å². The van der Waals surface area contributed by atoms with E-state index in [2.05, 4.69) is 0 Å². The quantitative estimate of drug-likeness (QED) is 0.363. The lowest BCUT2D eigenvalue weighted by molar-refractivity contribution is -0.160. The SMILES string of the molecule is Cc1c(-c2c(C)c3c(c(C)c2[C@H](OC(C)(C)C)C(=O)O)CN(C(=O)c2ccc(F)cc2)C3)cc(F)c2c1CCCO2. The number of hydrogen-bond acceptors (Lipinski definition) is 4. The van der Waals surface area contributed by atoms with E-state index >= 15 is 4.39 Å². The zero-order valence-corrected chi connectivity index (χ0v) is 24.3. The van der Waals surface area contributed by atoms with Gasteiger partial charge in [-0.25, -0.2) is 13.6 Å². The first-order valence-electron chi connectivity index (χ1n) is 13.8. The van der Waals surface area contributed by atoms with Crippen LogP contribution < -0.4 is 4.74 Å². The molecule has 5 rings (SSSR count). The minimum atomic E-state index is -1.33. The molecule has 0 spiro atoms. The highest BCUT2D eigenvalue weighted by atomic mass is 19.1. The Balaban J connectivity index is 1.73. The van der Waals surface area contributed by atoms with Crippen molar-refractivity contribution in [1.29, 1.82) is 0 Å². The predicted molar refractivity (Wildman–Crippen MR) is 151 cm³/mol. The van der Waals surface area contributed by atoms with E-state index in [0.29, 0.717) is 47.4 Å². The van der Waals surface area contributed by atoms with E-state index in [1.807, 2.05) is 20.8 Å². The maximum atomic E-state index is 15.5. The fourth-order valence-electron chi connectivity index (χ4n) is 6.12. The Labute approximate surface area is 238 Å². The average Bonchev–Trinajstić information content (AvgIpc) is 3.37. The summed E-state index contributed by atoms with van der Waals surface area (Å²) in [5.74, 6) is -2.06. The second-order valence-corrected chi connectivity index (χ2v) is 11.9. The summed E-state index contributed by atoms with van der Waals surface area (Å²) in [5, 5.41) is 10.4. The first-order chi connectivity index (χ1) is 19.3. The Hall–Kier alpha value is -3.78. The molecule has 0 saturated carbocycles. The molecule has 216 valence electrons. The smallest absolute Gasteiger partial charge is 0.337 e. The Morgan fingerprint density at radius 2 is 1.61 bits per heavy atom. The summed E-state index contributed by atoms with van der Waals surface area (Å²) in [6.45, 7) is 12.0. The molecule has 2 aliphatic rings. The Kier molecular flexibility index (Phi) is 7.40. The largest absolute Gasteiger partial charge is 0.490 e. The second kappa shape index (κ2) is 10.6. The van der Waals surface area contributed by atoms with Crippen LogP contribution in [0, 0.1) is 32.4 Å². The van der Waals surface area contributed by atoms with Gasteiger partial charge >= 0.3 is 5.97 Å². The van der Waals surface area contributed by atoms with Crippen molar-refractivity contribution in [2.75, 3.05) is 6.61 Å². The van der Waals surface area contributed by atoms with Gasteiger partial charge in [0.05, 0.1) is 12.2 Å². The monoisotopic (exact) mass is 563 g/mol. The highest BCUT2D eigenvalue weighted by molar-refractivity contribution is 5.95. The number of nitrogens with zero attached hydrogens (tertiary/aromatic N) is 1. The molecule has 3 aromatic carbocycles. The van der Waals surface area contributed by atoms with Gasteiger partial charge in [-0.2, -0.15) is 0 Å². The van der Waals surface area contributed by atoms with Gasteiger partial charge in [0.15, 0.2) is 17.7 Å². The third kappa shape index (κ3) is 5.21. The van der Waals surface area contributed by atoms with E-state index in [9.17, 15) is 19.1 Å². The summed E-state index contributed by atoms with van der Waals surface area (Å²) in [6.07, 6.45) is 0.0907. The molecule has 0 unspecified atom stereocenters. The van der Waals surface area contributed by atoms with Crippen LogP contribution in [0.25, 0.3) is 11.1 Å². The molecule has 3 aromatic rings. The summed E-state index contributed by atoms with van der Waals surface area (Å²) in [4.78, 5) is 27.8. The number of carboxylic acids is 1. The summed E-state index contributed by atoms with van der Waals surface area (Å²) in [5.41, 5.74) is 6.07. The van der Waals surface area contributed by atoms with Crippen molar-refractivity contribution >= 4 is 11.9 Å². The molecule has 2 heterocycles. The molecule has 8 heteroatoms. The fourth-order valence-corrected chi connectivity index (χ4v) is 6.12. The first kappa shape index (κ1) is 28.7. The number of aliphatic carboxylic acids is 1. The predicted octanol–water partition coefficient (Wildman–Crippen LogP) is 6.98. The molecule has 0 aliphatic carbocycles. The molecule has 0 saturated heterocycles. The maximum absolute atomic E-state index is 15.5. The molecule has 1 amide bonds. The van der Waals surface area contributed by atoms with Crippen LogP contribution in [0.5, 0.6) is 5.75 Å². The zero-order chi connectivity index (χ0) is 29.8. The van der Waals surface area contributed by atoms with Crippen LogP contribution in [0.4, 0.5) is 8.78 Å². The van der Waals surface area contributed by atoms with Gasteiger partial charge in [-0.15, -0.1) is 0 Å². The minimum absolute atomic E-state index is 0.253. The lowest BCUT2D eigenvalue weighted by atomic mass is 9.81. The van der Waals surface area contributed by atoms with E-state index < -0.39 is 29.3 Å². The van der Waals surface area contributed by atoms with Gasteiger partial charge in [0.2, 0.25) is 0 Å². The molecule has 1 atom stereocenters. The molecular weight excluding hydrogens is 528 g/mol. The molecule has 41 heavy (non-hydrogen) atoms. The van der Waals surface area contributed by atoms with E-state index in [0.717, 1.165) is 34.2 Å². The third-order valence-electron chi connectivity index (χ3n) is 8.06. The van der Waals surface area contributed by atoms with Crippen molar-refractivity contribution in [3.05, 3.63) is 86.5 Å². The lowest BCUT2D eigenvalue weighted by Crippen LogP contribution is -2.29. The van der Waals surface area contributed by atoms with E-state index in [1.165, 1.54) is 30.3 Å². The molecule has 6 nitrogen and oxygen atoms in total. The van der Waals surface area contributed by atoms with Crippen LogP contribution in [0.1, 0.15) is 82.6 Å².